The van der Waals surface area contributed by atoms with E-state index in [1.165, 1.54) is 5.56 Å². The maximum absolute atomic E-state index is 13.1. The van der Waals surface area contributed by atoms with Crippen LogP contribution in [0.1, 0.15) is 42.7 Å². The summed E-state index contributed by atoms with van der Waals surface area (Å²) < 4.78 is 0. The van der Waals surface area contributed by atoms with Gasteiger partial charge in [-0.1, -0.05) is 54.5 Å². The summed E-state index contributed by atoms with van der Waals surface area (Å²) in [5, 5.41) is 0. The molecule has 2 saturated heterocycles. The largest absolute Gasteiger partial charge is 0.342 e. The second kappa shape index (κ2) is 8.23. The van der Waals surface area contributed by atoms with Crippen molar-refractivity contribution in [2.45, 2.75) is 31.6 Å². The van der Waals surface area contributed by atoms with Crippen LogP contribution in [0.4, 0.5) is 0 Å². The van der Waals surface area contributed by atoms with Gasteiger partial charge in [0.1, 0.15) is 0 Å². The average Bonchev–Trinajstić information content (AvgIpc) is 3.53. The summed E-state index contributed by atoms with van der Waals surface area (Å²) >= 11 is 0. The summed E-state index contributed by atoms with van der Waals surface area (Å²) in [4.78, 5) is 29.5. The van der Waals surface area contributed by atoms with Crippen LogP contribution in [0.15, 0.2) is 60.7 Å². The van der Waals surface area contributed by atoms with Crippen molar-refractivity contribution in [1.29, 1.82) is 0 Å². The van der Waals surface area contributed by atoms with Gasteiger partial charge in [-0.05, 0) is 54.7 Å². The highest BCUT2D eigenvalue weighted by atomic mass is 16.2. The Hall–Kier alpha value is -3.06. The molecule has 1 spiro atoms. The van der Waals surface area contributed by atoms with Gasteiger partial charge >= 0.3 is 0 Å². The molecule has 2 aromatic carbocycles. The molecule has 0 N–H and O–H groups in total. The molecule has 2 heterocycles. The van der Waals surface area contributed by atoms with Crippen molar-refractivity contribution >= 4 is 11.8 Å². The van der Waals surface area contributed by atoms with Crippen LogP contribution in [0, 0.1) is 23.2 Å². The lowest BCUT2D eigenvalue weighted by atomic mass is 9.78. The lowest BCUT2D eigenvalue weighted by Gasteiger charge is -2.38. The number of nitrogens with zero attached hydrogens (tertiary/aromatic N) is 2. The molecule has 2 unspecified atom stereocenters. The van der Waals surface area contributed by atoms with Crippen LogP contribution >= 0.6 is 0 Å². The molecule has 1 saturated carbocycles. The van der Waals surface area contributed by atoms with Gasteiger partial charge in [0.15, 0.2) is 0 Å². The number of piperidine rings is 1. The van der Waals surface area contributed by atoms with Crippen molar-refractivity contribution in [1.82, 2.24) is 9.80 Å². The van der Waals surface area contributed by atoms with Crippen LogP contribution in [-0.2, 0) is 9.59 Å². The first kappa shape index (κ1) is 19.9. The van der Waals surface area contributed by atoms with E-state index in [9.17, 15) is 9.59 Å². The third-order valence-corrected chi connectivity index (χ3v) is 7.28. The molecule has 0 bridgehead atoms. The molecule has 2 aromatic rings. The van der Waals surface area contributed by atoms with E-state index in [1.54, 1.807) is 0 Å². The van der Waals surface area contributed by atoms with Gasteiger partial charge in [-0.2, -0.15) is 0 Å². The summed E-state index contributed by atoms with van der Waals surface area (Å²) in [6.07, 6.45) is 3.96. The zero-order valence-electron chi connectivity index (χ0n) is 17.8. The minimum absolute atomic E-state index is 0.0895. The number of benzene rings is 2. The third-order valence-electron chi connectivity index (χ3n) is 7.28. The van der Waals surface area contributed by atoms with Crippen LogP contribution in [0.25, 0.3) is 0 Å². The smallest absolute Gasteiger partial charge is 0.298 e. The zero-order chi connectivity index (χ0) is 21.3. The Kier molecular flexibility index (Phi) is 5.28. The van der Waals surface area contributed by atoms with E-state index in [1.807, 2.05) is 41.3 Å². The molecular weight excluding hydrogens is 384 g/mol. The number of hydrogen-bond donors (Lipinski definition) is 0. The maximum Gasteiger partial charge on any atom is 0.298 e. The monoisotopic (exact) mass is 412 g/mol. The Labute approximate surface area is 184 Å². The Morgan fingerprint density at radius 3 is 2.13 bits per heavy atom. The van der Waals surface area contributed by atoms with Crippen molar-refractivity contribution < 1.29 is 9.59 Å². The van der Waals surface area contributed by atoms with Crippen LogP contribution in [0.5, 0.6) is 0 Å². The maximum atomic E-state index is 13.1. The number of carbonyl (C=O) groups excluding carboxylic acids is 2. The van der Waals surface area contributed by atoms with Crippen LogP contribution in [0.2, 0.25) is 0 Å². The molecule has 4 nitrogen and oxygen atoms in total. The van der Waals surface area contributed by atoms with Gasteiger partial charge in [0.25, 0.3) is 5.91 Å². The SMILES string of the molecule is O=C(C#Cc1ccccc1)N1CCC2(CC1)CCN(C(=O)C1CC1c1ccccc1)C2. The van der Waals surface area contributed by atoms with Gasteiger partial charge in [0.05, 0.1) is 0 Å². The molecule has 2 atom stereocenters. The summed E-state index contributed by atoms with van der Waals surface area (Å²) in [7, 11) is 0. The van der Waals surface area contributed by atoms with E-state index in [0.717, 1.165) is 57.4 Å². The number of carbonyl (C=O) groups is 2. The predicted octanol–water partition coefficient (Wildman–Crippen LogP) is 3.68. The number of rotatable bonds is 2. The first-order valence-corrected chi connectivity index (χ1v) is 11.3. The fourth-order valence-electron chi connectivity index (χ4n) is 5.21. The molecule has 0 aromatic heterocycles. The van der Waals surface area contributed by atoms with E-state index in [2.05, 4.69) is 41.0 Å². The van der Waals surface area contributed by atoms with E-state index < -0.39 is 0 Å². The van der Waals surface area contributed by atoms with Gasteiger partial charge in [-0.25, -0.2) is 0 Å². The molecule has 158 valence electrons. The minimum atomic E-state index is -0.0895. The van der Waals surface area contributed by atoms with Crippen molar-refractivity contribution in [3.63, 3.8) is 0 Å². The number of likely N-dealkylation sites (tertiary alicyclic amines) is 2. The molecule has 5 rings (SSSR count). The van der Waals surface area contributed by atoms with Crippen molar-refractivity contribution in [2.75, 3.05) is 26.2 Å². The van der Waals surface area contributed by atoms with Crippen LogP contribution in [0.3, 0.4) is 0 Å². The molecule has 4 heteroatoms. The quantitative estimate of drug-likeness (QED) is 0.706. The van der Waals surface area contributed by atoms with E-state index in [4.69, 9.17) is 0 Å². The fourth-order valence-corrected chi connectivity index (χ4v) is 5.21. The van der Waals surface area contributed by atoms with Crippen LogP contribution in [-0.4, -0.2) is 47.8 Å². The van der Waals surface area contributed by atoms with Crippen molar-refractivity contribution in [2.24, 2.45) is 11.3 Å². The minimum Gasteiger partial charge on any atom is -0.342 e. The van der Waals surface area contributed by atoms with E-state index in [0.29, 0.717) is 11.8 Å². The highest BCUT2D eigenvalue weighted by Gasteiger charge is 2.49. The van der Waals surface area contributed by atoms with E-state index in [-0.39, 0.29) is 17.2 Å². The molecule has 2 amide bonds. The first-order chi connectivity index (χ1) is 15.1. The van der Waals surface area contributed by atoms with Crippen LogP contribution < -0.4 is 0 Å². The van der Waals surface area contributed by atoms with Gasteiger partial charge < -0.3 is 9.80 Å². The highest BCUT2D eigenvalue weighted by Crippen LogP contribution is 2.50. The van der Waals surface area contributed by atoms with Crippen molar-refractivity contribution in [3.05, 3.63) is 71.8 Å². The normalized spacial score (nSPS) is 23.9. The Balaban J connectivity index is 1.14. The average molecular weight is 413 g/mol. The van der Waals surface area contributed by atoms with Gasteiger partial charge in [-0.15, -0.1) is 0 Å². The van der Waals surface area contributed by atoms with Gasteiger partial charge in [0, 0.05) is 43.6 Å². The molecular formula is C27H28N2O2. The molecule has 3 aliphatic rings. The molecule has 31 heavy (non-hydrogen) atoms. The summed E-state index contributed by atoms with van der Waals surface area (Å²) in [6, 6.07) is 20.0. The summed E-state index contributed by atoms with van der Waals surface area (Å²) in [5.74, 6) is 6.56. The molecule has 1 aliphatic carbocycles. The lowest BCUT2D eigenvalue weighted by molar-refractivity contribution is -0.133. The zero-order valence-corrected chi connectivity index (χ0v) is 17.8. The highest BCUT2D eigenvalue weighted by molar-refractivity contribution is 5.94. The molecule has 2 aliphatic heterocycles. The second-order valence-corrected chi connectivity index (χ2v) is 9.28. The topological polar surface area (TPSA) is 40.6 Å². The second-order valence-electron chi connectivity index (χ2n) is 9.28. The number of hydrogen-bond acceptors (Lipinski definition) is 2. The number of amides is 2. The lowest BCUT2D eigenvalue weighted by Crippen LogP contribution is -2.44. The molecule has 3 fully saturated rings. The standard InChI is InChI=1S/C27H28N2O2/c30-25(12-11-21-7-3-1-4-8-21)28-16-13-27(14-17-28)15-18-29(20-27)26(31)24-19-23(24)22-9-5-2-6-10-22/h1-10,23-24H,13-20H2. The Morgan fingerprint density at radius 2 is 1.45 bits per heavy atom. The Bertz CT molecular complexity index is 1010. The molecule has 0 radical (unpaired) electrons. The van der Waals surface area contributed by atoms with Gasteiger partial charge in [-0.3, -0.25) is 9.59 Å². The van der Waals surface area contributed by atoms with Crippen molar-refractivity contribution in [3.8, 4) is 11.8 Å². The Morgan fingerprint density at radius 1 is 0.839 bits per heavy atom. The predicted molar refractivity (Wildman–Crippen MR) is 120 cm³/mol. The van der Waals surface area contributed by atoms with Gasteiger partial charge in [0.2, 0.25) is 5.91 Å². The summed E-state index contributed by atoms with van der Waals surface area (Å²) in [5.41, 5.74) is 2.33. The summed E-state index contributed by atoms with van der Waals surface area (Å²) in [6.45, 7) is 3.18. The van der Waals surface area contributed by atoms with E-state index >= 15 is 0 Å². The third kappa shape index (κ3) is 4.23. The fraction of sp³-hybridized carbons (Fsp3) is 0.407. The first-order valence-electron chi connectivity index (χ1n) is 11.3.